The van der Waals surface area contributed by atoms with Crippen molar-refractivity contribution in [3.8, 4) is 0 Å². The largest absolute Gasteiger partial charge is 0.505 e. The van der Waals surface area contributed by atoms with Crippen molar-refractivity contribution >= 4 is 6.16 Å². The highest BCUT2D eigenvalue weighted by Crippen LogP contribution is 2.37. The fourth-order valence-corrected chi connectivity index (χ4v) is 1.61. The Morgan fingerprint density at radius 2 is 2.09 bits per heavy atom. The maximum absolute atomic E-state index is 10.1. The molecule has 0 heterocycles. The Bertz CT molecular complexity index is 147. The summed E-state index contributed by atoms with van der Waals surface area (Å²) >= 11 is 0. The molecule has 0 saturated heterocycles. The van der Waals surface area contributed by atoms with Crippen molar-refractivity contribution in [2.45, 2.75) is 32.6 Å². The van der Waals surface area contributed by atoms with E-state index in [0.717, 1.165) is 12.8 Å². The zero-order valence-electron chi connectivity index (χ0n) is 6.80. The Morgan fingerprint density at radius 1 is 1.55 bits per heavy atom. The van der Waals surface area contributed by atoms with Gasteiger partial charge in [-0.2, -0.15) is 0 Å². The average molecular weight is 158 g/mol. The maximum Gasteiger partial charge on any atom is 0.505 e. The third-order valence-electron chi connectivity index (χ3n) is 2.35. The summed E-state index contributed by atoms with van der Waals surface area (Å²) in [5.74, 6) is 0. The molecule has 0 unspecified atom stereocenters. The molecule has 1 saturated carbocycles. The van der Waals surface area contributed by atoms with Gasteiger partial charge >= 0.3 is 6.16 Å². The minimum atomic E-state index is -1.15. The number of rotatable bonds is 2. The topological polar surface area (TPSA) is 46.5 Å². The Balaban J connectivity index is 2.28. The van der Waals surface area contributed by atoms with Crippen LogP contribution in [0, 0.1) is 5.41 Å². The fourth-order valence-electron chi connectivity index (χ4n) is 1.61. The summed E-state index contributed by atoms with van der Waals surface area (Å²) in [4.78, 5) is 10.1. The Kier molecular flexibility index (Phi) is 2.37. The third-order valence-corrected chi connectivity index (χ3v) is 2.35. The first-order valence-electron chi connectivity index (χ1n) is 3.98. The highest BCUT2D eigenvalue weighted by atomic mass is 16.7. The van der Waals surface area contributed by atoms with Gasteiger partial charge in [0.25, 0.3) is 0 Å². The van der Waals surface area contributed by atoms with Gasteiger partial charge in [-0.1, -0.05) is 19.8 Å². The molecule has 0 aromatic heterocycles. The lowest BCUT2D eigenvalue weighted by atomic mass is 9.90. The van der Waals surface area contributed by atoms with E-state index in [1.807, 2.05) is 0 Å². The predicted octanol–water partition coefficient (Wildman–Crippen LogP) is 2.26. The molecule has 0 aliphatic heterocycles. The second-order valence-corrected chi connectivity index (χ2v) is 3.57. The Morgan fingerprint density at radius 3 is 2.55 bits per heavy atom. The van der Waals surface area contributed by atoms with Crippen LogP contribution in [0.2, 0.25) is 0 Å². The lowest BCUT2D eigenvalue weighted by molar-refractivity contribution is 0.0534. The van der Waals surface area contributed by atoms with Crippen LogP contribution >= 0.6 is 0 Å². The molecule has 11 heavy (non-hydrogen) atoms. The summed E-state index contributed by atoms with van der Waals surface area (Å²) in [6, 6.07) is 0. The van der Waals surface area contributed by atoms with Gasteiger partial charge in [0.15, 0.2) is 0 Å². The summed E-state index contributed by atoms with van der Waals surface area (Å²) in [7, 11) is 0. The van der Waals surface area contributed by atoms with Gasteiger partial charge in [0.1, 0.15) is 6.61 Å². The standard InChI is InChI=1S/C8H14O3/c1-8(4-2-3-5-8)6-11-7(9)10/h2-6H2,1H3,(H,9,10). The summed E-state index contributed by atoms with van der Waals surface area (Å²) in [6.45, 7) is 2.45. The summed E-state index contributed by atoms with van der Waals surface area (Å²) in [5.41, 5.74) is 0.123. The molecule has 1 aliphatic carbocycles. The second kappa shape index (κ2) is 3.11. The number of hydrogen-bond acceptors (Lipinski definition) is 2. The normalized spacial score (nSPS) is 21.5. The van der Waals surface area contributed by atoms with E-state index in [4.69, 9.17) is 5.11 Å². The first kappa shape index (κ1) is 8.37. The Hall–Kier alpha value is -0.730. The van der Waals surface area contributed by atoms with Crippen LogP contribution in [0.4, 0.5) is 4.79 Å². The molecule has 0 amide bonds. The molecule has 0 aromatic carbocycles. The van der Waals surface area contributed by atoms with Crippen LogP contribution in [0.15, 0.2) is 0 Å². The van der Waals surface area contributed by atoms with Gasteiger partial charge in [0.05, 0.1) is 0 Å². The molecule has 3 heteroatoms. The van der Waals surface area contributed by atoms with Crippen LogP contribution in [-0.4, -0.2) is 17.9 Å². The van der Waals surface area contributed by atoms with Crippen LogP contribution < -0.4 is 0 Å². The molecule has 3 nitrogen and oxygen atoms in total. The predicted molar refractivity (Wildman–Crippen MR) is 40.6 cm³/mol. The van der Waals surface area contributed by atoms with Gasteiger partial charge in [0, 0.05) is 5.41 Å². The minimum absolute atomic E-state index is 0.123. The van der Waals surface area contributed by atoms with Crippen molar-refractivity contribution in [2.75, 3.05) is 6.61 Å². The molecule has 1 aliphatic rings. The highest BCUT2D eigenvalue weighted by molar-refractivity contribution is 5.56. The van der Waals surface area contributed by atoms with Crippen molar-refractivity contribution in [3.63, 3.8) is 0 Å². The zero-order chi connectivity index (χ0) is 8.32. The van der Waals surface area contributed by atoms with Gasteiger partial charge in [-0.25, -0.2) is 4.79 Å². The van der Waals surface area contributed by atoms with Crippen LogP contribution in [0.25, 0.3) is 0 Å². The third kappa shape index (κ3) is 2.41. The van der Waals surface area contributed by atoms with E-state index in [0.29, 0.717) is 6.61 Å². The van der Waals surface area contributed by atoms with E-state index < -0.39 is 6.16 Å². The van der Waals surface area contributed by atoms with Crippen molar-refractivity contribution in [3.05, 3.63) is 0 Å². The van der Waals surface area contributed by atoms with Crippen molar-refractivity contribution in [1.82, 2.24) is 0 Å². The second-order valence-electron chi connectivity index (χ2n) is 3.57. The number of hydrogen-bond donors (Lipinski definition) is 1. The molecule has 0 spiro atoms. The number of carboxylic acid groups (broad SMARTS) is 1. The molecule has 0 aromatic rings. The number of carbonyl (C=O) groups is 1. The van der Waals surface area contributed by atoms with Gasteiger partial charge in [-0.05, 0) is 12.8 Å². The highest BCUT2D eigenvalue weighted by Gasteiger charge is 2.29. The first-order chi connectivity index (χ1) is 5.12. The zero-order valence-corrected chi connectivity index (χ0v) is 6.80. The first-order valence-corrected chi connectivity index (χ1v) is 3.98. The maximum atomic E-state index is 10.1. The smallest absolute Gasteiger partial charge is 0.450 e. The van der Waals surface area contributed by atoms with Crippen LogP contribution in [0.1, 0.15) is 32.6 Å². The molecule has 64 valence electrons. The van der Waals surface area contributed by atoms with Gasteiger partial charge in [0.2, 0.25) is 0 Å². The van der Waals surface area contributed by atoms with Crippen LogP contribution in [-0.2, 0) is 4.74 Å². The fraction of sp³-hybridized carbons (Fsp3) is 0.875. The molecule has 0 bridgehead atoms. The van der Waals surface area contributed by atoms with Gasteiger partial charge < -0.3 is 9.84 Å². The molecule has 1 fully saturated rings. The average Bonchev–Trinajstić information content (AvgIpc) is 2.33. The van der Waals surface area contributed by atoms with Gasteiger partial charge in [-0.15, -0.1) is 0 Å². The van der Waals surface area contributed by atoms with Crippen LogP contribution in [0.3, 0.4) is 0 Å². The number of ether oxygens (including phenoxy) is 1. The van der Waals surface area contributed by atoms with E-state index in [9.17, 15) is 4.79 Å². The molecular weight excluding hydrogens is 144 g/mol. The molecular formula is C8H14O3. The molecule has 0 atom stereocenters. The van der Waals surface area contributed by atoms with Crippen molar-refractivity contribution in [2.24, 2.45) is 5.41 Å². The van der Waals surface area contributed by atoms with E-state index in [1.165, 1.54) is 12.8 Å². The minimum Gasteiger partial charge on any atom is -0.450 e. The van der Waals surface area contributed by atoms with E-state index in [-0.39, 0.29) is 5.41 Å². The lowest BCUT2D eigenvalue weighted by Gasteiger charge is -2.21. The monoisotopic (exact) mass is 158 g/mol. The van der Waals surface area contributed by atoms with E-state index in [2.05, 4.69) is 11.7 Å². The van der Waals surface area contributed by atoms with Crippen LogP contribution in [0.5, 0.6) is 0 Å². The summed E-state index contributed by atoms with van der Waals surface area (Å²) in [5, 5.41) is 8.27. The Labute approximate surface area is 66.4 Å². The summed E-state index contributed by atoms with van der Waals surface area (Å²) in [6.07, 6.45) is 3.46. The van der Waals surface area contributed by atoms with Gasteiger partial charge in [-0.3, -0.25) is 0 Å². The SMILES string of the molecule is CC1(COC(=O)O)CCCC1. The molecule has 1 rings (SSSR count). The molecule has 0 radical (unpaired) electrons. The molecule has 1 N–H and O–H groups in total. The van der Waals surface area contributed by atoms with E-state index >= 15 is 0 Å². The van der Waals surface area contributed by atoms with Crippen molar-refractivity contribution < 1.29 is 14.6 Å². The lowest BCUT2D eigenvalue weighted by Crippen LogP contribution is -2.20. The summed E-state index contributed by atoms with van der Waals surface area (Å²) < 4.78 is 4.55. The van der Waals surface area contributed by atoms with Crippen molar-refractivity contribution in [1.29, 1.82) is 0 Å². The quantitative estimate of drug-likeness (QED) is 0.627. The van der Waals surface area contributed by atoms with E-state index in [1.54, 1.807) is 0 Å².